The maximum absolute atomic E-state index is 3.86. The fourth-order valence-electron chi connectivity index (χ4n) is 0.474. The van der Waals surface area contributed by atoms with Gasteiger partial charge < -0.3 is 10.0 Å². The van der Waals surface area contributed by atoms with Gasteiger partial charge in [0.25, 0.3) is 0 Å². The standard InChI is InChI=1S/C5H8N2.H2O/c1-2-7-4-3-6-5-7;/h3-5H,2H2,1H3;1H2. The van der Waals surface area contributed by atoms with Crippen molar-refractivity contribution in [3.05, 3.63) is 18.7 Å². The summed E-state index contributed by atoms with van der Waals surface area (Å²) in [5.74, 6) is 0. The van der Waals surface area contributed by atoms with Crippen LogP contribution in [0.2, 0.25) is 0 Å². The summed E-state index contributed by atoms with van der Waals surface area (Å²) >= 11 is 0. The van der Waals surface area contributed by atoms with E-state index >= 15 is 0 Å². The van der Waals surface area contributed by atoms with Gasteiger partial charge in [-0.1, -0.05) is 0 Å². The molecule has 8 heavy (non-hydrogen) atoms. The number of rotatable bonds is 1. The molecular formula is C5H10N2O. The Morgan fingerprint density at radius 1 is 1.62 bits per heavy atom. The molecule has 1 aromatic heterocycles. The summed E-state index contributed by atoms with van der Waals surface area (Å²) in [5.41, 5.74) is 0. The highest BCUT2D eigenvalue weighted by Gasteiger charge is 1.77. The number of hydrogen-bond acceptors (Lipinski definition) is 1. The molecule has 2 N–H and O–H groups in total. The molecular weight excluding hydrogens is 104 g/mol. The van der Waals surface area contributed by atoms with E-state index in [2.05, 4.69) is 11.9 Å². The summed E-state index contributed by atoms with van der Waals surface area (Å²) in [6.45, 7) is 3.10. The van der Waals surface area contributed by atoms with E-state index in [-0.39, 0.29) is 5.48 Å². The fraction of sp³-hybridized carbons (Fsp3) is 0.400. The van der Waals surface area contributed by atoms with Gasteiger partial charge in [-0.25, -0.2) is 4.98 Å². The monoisotopic (exact) mass is 114 g/mol. The normalized spacial score (nSPS) is 8.12. The van der Waals surface area contributed by atoms with Gasteiger partial charge >= 0.3 is 0 Å². The van der Waals surface area contributed by atoms with E-state index in [1.807, 2.05) is 10.8 Å². The summed E-state index contributed by atoms with van der Waals surface area (Å²) in [5, 5.41) is 0. The van der Waals surface area contributed by atoms with Crippen molar-refractivity contribution < 1.29 is 5.48 Å². The molecule has 0 bridgehead atoms. The van der Waals surface area contributed by atoms with E-state index in [4.69, 9.17) is 0 Å². The van der Waals surface area contributed by atoms with Crippen molar-refractivity contribution in [1.29, 1.82) is 0 Å². The molecule has 0 aliphatic carbocycles. The Hall–Kier alpha value is -0.830. The summed E-state index contributed by atoms with van der Waals surface area (Å²) < 4.78 is 2.01. The van der Waals surface area contributed by atoms with Crippen LogP contribution in [0, 0.1) is 0 Å². The van der Waals surface area contributed by atoms with E-state index in [0.29, 0.717) is 0 Å². The van der Waals surface area contributed by atoms with Crippen LogP contribution in [-0.4, -0.2) is 15.0 Å². The minimum atomic E-state index is 0. The number of aromatic nitrogens is 2. The van der Waals surface area contributed by atoms with E-state index < -0.39 is 0 Å². The quantitative estimate of drug-likeness (QED) is 0.510. The zero-order chi connectivity index (χ0) is 5.11. The van der Waals surface area contributed by atoms with Gasteiger partial charge in [-0.2, -0.15) is 0 Å². The van der Waals surface area contributed by atoms with Crippen molar-refractivity contribution in [2.75, 3.05) is 0 Å². The van der Waals surface area contributed by atoms with Crippen molar-refractivity contribution >= 4 is 0 Å². The number of imidazole rings is 1. The largest absolute Gasteiger partial charge is 0.412 e. The molecule has 0 aromatic carbocycles. The lowest BCUT2D eigenvalue weighted by Gasteiger charge is -1.87. The Morgan fingerprint density at radius 2 is 2.38 bits per heavy atom. The van der Waals surface area contributed by atoms with Crippen LogP contribution in [0.15, 0.2) is 18.7 Å². The van der Waals surface area contributed by atoms with E-state index in [1.54, 1.807) is 12.5 Å². The number of hydrogen-bond donors (Lipinski definition) is 0. The number of nitrogens with zero attached hydrogens (tertiary/aromatic N) is 2. The lowest BCUT2D eigenvalue weighted by molar-refractivity contribution is 0.761. The van der Waals surface area contributed by atoms with Crippen LogP contribution in [0.1, 0.15) is 6.92 Å². The first-order valence-corrected chi connectivity index (χ1v) is 2.39. The van der Waals surface area contributed by atoms with E-state index in [0.717, 1.165) is 6.54 Å². The van der Waals surface area contributed by atoms with Crippen LogP contribution in [0.5, 0.6) is 0 Å². The molecule has 3 nitrogen and oxygen atoms in total. The maximum atomic E-state index is 3.86. The molecule has 0 saturated heterocycles. The van der Waals surface area contributed by atoms with Gasteiger partial charge in [0.15, 0.2) is 0 Å². The molecule has 0 amide bonds. The average molecular weight is 114 g/mol. The van der Waals surface area contributed by atoms with Crippen LogP contribution in [0.3, 0.4) is 0 Å². The summed E-state index contributed by atoms with van der Waals surface area (Å²) in [6, 6.07) is 0. The van der Waals surface area contributed by atoms with Gasteiger partial charge in [0, 0.05) is 18.9 Å². The van der Waals surface area contributed by atoms with Gasteiger partial charge in [-0.15, -0.1) is 0 Å². The van der Waals surface area contributed by atoms with Crippen LogP contribution in [0.4, 0.5) is 0 Å². The highest BCUT2D eigenvalue weighted by atomic mass is 16.0. The third-order valence-corrected chi connectivity index (χ3v) is 0.924. The minimum absolute atomic E-state index is 0. The second-order valence-corrected chi connectivity index (χ2v) is 1.39. The van der Waals surface area contributed by atoms with Crippen molar-refractivity contribution in [2.24, 2.45) is 0 Å². The second-order valence-electron chi connectivity index (χ2n) is 1.39. The van der Waals surface area contributed by atoms with Crippen LogP contribution < -0.4 is 0 Å². The minimum Gasteiger partial charge on any atom is -0.412 e. The Kier molecular flexibility index (Phi) is 2.88. The van der Waals surface area contributed by atoms with Crippen molar-refractivity contribution in [2.45, 2.75) is 13.5 Å². The first kappa shape index (κ1) is 7.17. The second kappa shape index (κ2) is 3.21. The molecule has 3 heteroatoms. The first-order valence-electron chi connectivity index (χ1n) is 2.39. The highest BCUT2D eigenvalue weighted by Crippen LogP contribution is 1.81. The Balaban J connectivity index is 0.000000490. The molecule has 1 rings (SSSR count). The molecule has 46 valence electrons. The molecule has 0 aliphatic rings. The molecule has 0 saturated carbocycles. The molecule has 0 aliphatic heterocycles. The SMILES string of the molecule is CCn1ccnc1.O. The van der Waals surface area contributed by atoms with E-state index in [9.17, 15) is 0 Å². The van der Waals surface area contributed by atoms with Crippen LogP contribution in [0.25, 0.3) is 0 Å². The van der Waals surface area contributed by atoms with Crippen LogP contribution >= 0.6 is 0 Å². The molecule has 1 aromatic rings. The lowest BCUT2D eigenvalue weighted by Crippen LogP contribution is -1.85. The first-order chi connectivity index (χ1) is 3.43. The van der Waals surface area contributed by atoms with Gasteiger partial charge in [0.1, 0.15) is 0 Å². The van der Waals surface area contributed by atoms with E-state index in [1.165, 1.54) is 0 Å². The smallest absolute Gasteiger partial charge is 0.0945 e. The predicted octanol–water partition coefficient (Wildman–Crippen LogP) is 0.0783. The van der Waals surface area contributed by atoms with Gasteiger partial charge in [0.2, 0.25) is 0 Å². The van der Waals surface area contributed by atoms with Gasteiger partial charge in [0.05, 0.1) is 6.33 Å². The Labute approximate surface area is 48.3 Å². The summed E-state index contributed by atoms with van der Waals surface area (Å²) in [6.07, 6.45) is 5.53. The average Bonchev–Trinajstić information content (AvgIpc) is 2.14. The third kappa shape index (κ3) is 1.35. The zero-order valence-corrected chi connectivity index (χ0v) is 4.83. The fourth-order valence-corrected chi connectivity index (χ4v) is 0.474. The molecule has 0 fully saturated rings. The zero-order valence-electron chi connectivity index (χ0n) is 4.83. The third-order valence-electron chi connectivity index (χ3n) is 0.924. The molecule has 0 unspecified atom stereocenters. The Bertz CT molecular complexity index is 125. The number of aryl methyl sites for hydroxylation is 1. The molecule has 0 atom stereocenters. The van der Waals surface area contributed by atoms with Gasteiger partial charge in [-0.3, -0.25) is 0 Å². The van der Waals surface area contributed by atoms with Crippen molar-refractivity contribution in [3.63, 3.8) is 0 Å². The Morgan fingerprint density at radius 3 is 2.62 bits per heavy atom. The molecule has 0 spiro atoms. The maximum Gasteiger partial charge on any atom is 0.0945 e. The topological polar surface area (TPSA) is 49.3 Å². The predicted molar refractivity (Wildman–Crippen MR) is 31.5 cm³/mol. The molecule has 0 radical (unpaired) electrons. The van der Waals surface area contributed by atoms with Crippen LogP contribution in [-0.2, 0) is 6.54 Å². The highest BCUT2D eigenvalue weighted by molar-refractivity contribution is 4.72. The van der Waals surface area contributed by atoms with Crippen molar-refractivity contribution in [1.82, 2.24) is 9.55 Å². The molecule has 1 heterocycles. The summed E-state index contributed by atoms with van der Waals surface area (Å²) in [7, 11) is 0. The van der Waals surface area contributed by atoms with Crippen molar-refractivity contribution in [3.8, 4) is 0 Å². The van der Waals surface area contributed by atoms with Gasteiger partial charge in [-0.05, 0) is 6.92 Å². The lowest BCUT2D eigenvalue weighted by atomic mass is 10.7. The summed E-state index contributed by atoms with van der Waals surface area (Å²) in [4.78, 5) is 3.86.